The molecule has 0 unspecified atom stereocenters. The smallest absolute Gasteiger partial charge is 0.259 e. The second-order valence-electron chi connectivity index (χ2n) is 6.95. The van der Waals surface area contributed by atoms with Crippen molar-refractivity contribution in [2.45, 2.75) is 19.9 Å². The Morgan fingerprint density at radius 3 is 2.63 bits per heavy atom. The Hall–Kier alpha value is -3.74. The summed E-state index contributed by atoms with van der Waals surface area (Å²) in [6.45, 7) is 3.64. The van der Waals surface area contributed by atoms with Crippen LogP contribution in [0, 0.1) is 12.7 Å². The van der Waals surface area contributed by atoms with Crippen LogP contribution >= 0.6 is 0 Å². The number of para-hydroxylation sites is 1. The van der Waals surface area contributed by atoms with E-state index in [1.165, 1.54) is 12.1 Å². The molecule has 1 atom stereocenters. The Morgan fingerprint density at radius 1 is 1.17 bits per heavy atom. The SMILES string of the molecule is COc1ccccc1[C@H](C)NC(=O)c1cc(-c2ccc(F)cc2)nc2onc(C)c12. The largest absolute Gasteiger partial charge is 0.496 e. The van der Waals surface area contributed by atoms with E-state index in [0.717, 1.165) is 5.56 Å². The van der Waals surface area contributed by atoms with Gasteiger partial charge in [-0.3, -0.25) is 4.79 Å². The van der Waals surface area contributed by atoms with Crippen molar-refractivity contribution >= 4 is 17.0 Å². The zero-order valence-electron chi connectivity index (χ0n) is 16.8. The second-order valence-corrected chi connectivity index (χ2v) is 6.95. The number of aromatic nitrogens is 2. The van der Waals surface area contributed by atoms with E-state index in [4.69, 9.17) is 9.26 Å². The van der Waals surface area contributed by atoms with Crippen LogP contribution < -0.4 is 10.1 Å². The van der Waals surface area contributed by atoms with E-state index in [1.807, 2.05) is 31.2 Å². The van der Waals surface area contributed by atoms with Crippen molar-refractivity contribution in [3.05, 3.63) is 77.2 Å². The summed E-state index contributed by atoms with van der Waals surface area (Å²) in [6, 6.07) is 14.8. The topological polar surface area (TPSA) is 77.2 Å². The number of pyridine rings is 1. The highest BCUT2D eigenvalue weighted by molar-refractivity contribution is 6.07. The van der Waals surface area contributed by atoms with Crippen molar-refractivity contribution < 1.29 is 18.4 Å². The minimum absolute atomic E-state index is 0.254. The number of methoxy groups -OCH3 is 1. The Kier molecular flexibility index (Phi) is 5.18. The van der Waals surface area contributed by atoms with Crippen molar-refractivity contribution in [2.75, 3.05) is 7.11 Å². The van der Waals surface area contributed by atoms with Gasteiger partial charge >= 0.3 is 0 Å². The number of nitrogens with one attached hydrogen (secondary N) is 1. The monoisotopic (exact) mass is 405 g/mol. The van der Waals surface area contributed by atoms with Crippen LogP contribution in [0.5, 0.6) is 5.75 Å². The first kappa shape index (κ1) is 19.6. The molecule has 1 amide bonds. The van der Waals surface area contributed by atoms with Crippen LogP contribution in [-0.4, -0.2) is 23.2 Å². The van der Waals surface area contributed by atoms with Crippen LogP contribution in [0.2, 0.25) is 0 Å². The van der Waals surface area contributed by atoms with E-state index in [9.17, 15) is 9.18 Å². The third-order valence-corrected chi connectivity index (χ3v) is 4.95. The molecule has 4 rings (SSSR count). The number of ether oxygens (including phenoxy) is 1. The Labute approximate surface area is 172 Å². The molecule has 0 bridgehead atoms. The van der Waals surface area contributed by atoms with Crippen LogP contribution in [0.4, 0.5) is 4.39 Å². The number of hydrogen-bond acceptors (Lipinski definition) is 5. The third-order valence-electron chi connectivity index (χ3n) is 4.95. The predicted octanol–water partition coefficient (Wildman–Crippen LogP) is 4.84. The fourth-order valence-electron chi connectivity index (χ4n) is 3.42. The highest BCUT2D eigenvalue weighted by atomic mass is 19.1. The van der Waals surface area contributed by atoms with Gasteiger partial charge in [-0.15, -0.1) is 0 Å². The van der Waals surface area contributed by atoms with Crippen molar-refractivity contribution in [3.8, 4) is 17.0 Å². The molecule has 0 radical (unpaired) electrons. The van der Waals surface area contributed by atoms with Crippen molar-refractivity contribution in [2.24, 2.45) is 0 Å². The predicted molar refractivity (Wildman–Crippen MR) is 111 cm³/mol. The standard InChI is InChI=1S/C23H20FN3O3/c1-13(17-6-4-5-7-20(17)29-3)25-22(28)18-12-19(15-8-10-16(24)11-9-15)26-23-21(18)14(2)27-30-23/h4-13H,1-3H3,(H,25,28)/t13-/m0/s1. The summed E-state index contributed by atoms with van der Waals surface area (Å²) in [7, 11) is 1.59. The molecular formula is C23H20FN3O3. The molecule has 1 N–H and O–H groups in total. The van der Waals surface area contributed by atoms with Gasteiger partial charge in [-0.1, -0.05) is 23.4 Å². The molecule has 4 aromatic rings. The molecule has 2 heterocycles. The lowest BCUT2D eigenvalue weighted by Crippen LogP contribution is -2.27. The summed E-state index contributed by atoms with van der Waals surface area (Å²) in [4.78, 5) is 17.7. The fourth-order valence-corrected chi connectivity index (χ4v) is 3.42. The van der Waals surface area contributed by atoms with Gasteiger partial charge in [0.2, 0.25) is 0 Å². The van der Waals surface area contributed by atoms with E-state index in [2.05, 4.69) is 15.5 Å². The number of aryl methyl sites for hydroxylation is 1. The van der Waals surface area contributed by atoms with Crippen molar-refractivity contribution in [3.63, 3.8) is 0 Å². The molecule has 30 heavy (non-hydrogen) atoms. The average molecular weight is 405 g/mol. The van der Waals surface area contributed by atoms with Gasteiger partial charge in [0.05, 0.1) is 35.5 Å². The van der Waals surface area contributed by atoms with Gasteiger partial charge in [0, 0.05) is 11.1 Å². The number of halogens is 1. The Morgan fingerprint density at radius 2 is 1.90 bits per heavy atom. The summed E-state index contributed by atoms with van der Waals surface area (Å²) < 4.78 is 24.0. The zero-order chi connectivity index (χ0) is 21.3. The summed E-state index contributed by atoms with van der Waals surface area (Å²) in [5.74, 6) is 0.0488. The Bertz CT molecular complexity index is 1220. The van der Waals surface area contributed by atoms with E-state index in [1.54, 1.807) is 32.2 Å². The first-order valence-electron chi connectivity index (χ1n) is 9.44. The molecule has 0 saturated carbocycles. The number of benzene rings is 2. The molecule has 0 spiro atoms. The summed E-state index contributed by atoms with van der Waals surface area (Å²) in [5.41, 5.74) is 3.23. The molecule has 0 aliphatic rings. The number of nitrogens with zero attached hydrogens (tertiary/aromatic N) is 2. The van der Waals surface area contributed by atoms with Gasteiger partial charge in [0.15, 0.2) is 0 Å². The first-order valence-corrected chi connectivity index (χ1v) is 9.44. The molecule has 2 aromatic carbocycles. The number of hydrogen-bond donors (Lipinski definition) is 1. The van der Waals surface area contributed by atoms with Crippen LogP contribution in [0.25, 0.3) is 22.4 Å². The van der Waals surface area contributed by atoms with Crippen LogP contribution in [0.15, 0.2) is 59.1 Å². The van der Waals surface area contributed by atoms with Crippen LogP contribution in [0.1, 0.15) is 34.6 Å². The van der Waals surface area contributed by atoms with E-state index < -0.39 is 0 Å². The quantitative estimate of drug-likeness (QED) is 0.514. The molecular weight excluding hydrogens is 385 g/mol. The third kappa shape index (κ3) is 3.61. The van der Waals surface area contributed by atoms with Crippen molar-refractivity contribution in [1.82, 2.24) is 15.5 Å². The molecule has 2 aromatic heterocycles. The zero-order valence-corrected chi connectivity index (χ0v) is 16.8. The maximum atomic E-state index is 13.3. The molecule has 0 saturated heterocycles. The van der Waals surface area contributed by atoms with Gasteiger partial charge in [-0.25, -0.2) is 9.37 Å². The molecule has 6 nitrogen and oxygen atoms in total. The van der Waals surface area contributed by atoms with Gasteiger partial charge in [0.25, 0.3) is 11.6 Å². The van der Waals surface area contributed by atoms with E-state index in [-0.39, 0.29) is 23.5 Å². The number of amides is 1. The van der Waals surface area contributed by atoms with E-state index >= 15 is 0 Å². The lowest BCUT2D eigenvalue weighted by molar-refractivity contribution is 0.0941. The number of rotatable bonds is 5. The second kappa shape index (κ2) is 7.94. The maximum Gasteiger partial charge on any atom is 0.259 e. The first-order chi connectivity index (χ1) is 14.5. The lowest BCUT2D eigenvalue weighted by atomic mass is 10.0. The van der Waals surface area contributed by atoms with Crippen molar-refractivity contribution in [1.29, 1.82) is 0 Å². The summed E-state index contributed by atoms with van der Waals surface area (Å²) in [6.07, 6.45) is 0. The molecule has 7 heteroatoms. The summed E-state index contributed by atoms with van der Waals surface area (Å²) >= 11 is 0. The van der Waals surface area contributed by atoms with Gasteiger partial charge in [-0.2, -0.15) is 0 Å². The lowest BCUT2D eigenvalue weighted by Gasteiger charge is -2.17. The van der Waals surface area contributed by atoms with Gasteiger partial charge in [-0.05, 0) is 50.2 Å². The van der Waals surface area contributed by atoms with Gasteiger partial charge < -0.3 is 14.6 Å². The van der Waals surface area contributed by atoms with Crippen LogP contribution in [-0.2, 0) is 0 Å². The number of fused-ring (bicyclic) bond motifs is 1. The molecule has 0 aliphatic heterocycles. The summed E-state index contributed by atoms with van der Waals surface area (Å²) in [5, 5.41) is 7.51. The fraction of sp³-hybridized carbons (Fsp3) is 0.174. The Balaban J connectivity index is 1.74. The molecule has 0 aliphatic carbocycles. The minimum Gasteiger partial charge on any atom is -0.496 e. The van der Waals surface area contributed by atoms with E-state index in [0.29, 0.717) is 33.7 Å². The normalized spacial score (nSPS) is 12.0. The number of carbonyl (C=O) groups excluding carboxylic acids is 1. The van der Waals surface area contributed by atoms with Crippen LogP contribution in [0.3, 0.4) is 0 Å². The molecule has 152 valence electrons. The highest BCUT2D eigenvalue weighted by Gasteiger charge is 2.22. The molecule has 0 fully saturated rings. The minimum atomic E-state index is -0.348. The number of carbonyl (C=O) groups is 1. The highest BCUT2D eigenvalue weighted by Crippen LogP contribution is 2.29. The average Bonchev–Trinajstić information content (AvgIpc) is 3.14. The van der Waals surface area contributed by atoms with Gasteiger partial charge in [0.1, 0.15) is 11.6 Å². The maximum absolute atomic E-state index is 13.3.